The van der Waals surface area contributed by atoms with E-state index in [1.807, 2.05) is 0 Å². The molecule has 85 heavy (non-hydrogen) atoms. The van der Waals surface area contributed by atoms with Crippen molar-refractivity contribution in [2.45, 2.75) is 213 Å². The molecule has 0 spiro atoms. The van der Waals surface area contributed by atoms with E-state index in [4.69, 9.17) is 0 Å². The van der Waals surface area contributed by atoms with Crippen molar-refractivity contribution in [1.29, 1.82) is 0 Å². The first-order chi connectivity index (χ1) is 40.3. The number of aromatic nitrogens is 4. The zero-order chi connectivity index (χ0) is 62.0. The highest BCUT2D eigenvalue weighted by atomic mass is 14.9. The standard InChI is InChI=1S/C21H28N.C20H26N.2C20H28N/c1-15-12-13-22(4)21(17(15)3)20-11-10-19(14-16(20)2)18-8-6-5-7-9-18;1-14-11-12-21(4)20(16(14)3)19-10-9-18(13-15(19)2)17-7-5-6-8-17;1-14-10-11-21(7)19(16(14)3)18-9-8-17(12-15(18)2)13-20(4,5)6;1-7-17(8-2)18-9-10-19(15(4)13-18)20-16(5)14(3)11-12-21(20)6/h10-14,18H,5-9H2,1-4H3;9-13,17H,5-8H2,1-4H3;8-12H,13H2,1-7H3;9-13,17H,7-8H2,1-6H3/q4*+1. The second-order valence-corrected chi connectivity index (χ2v) is 27.3. The number of hydrogen-bond acceptors (Lipinski definition) is 0. The Labute approximate surface area is 517 Å². The monoisotopic (exact) mass is 1140 g/mol. The van der Waals surface area contributed by atoms with Gasteiger partial charge in [-0.3, -0.25) is 0 Å². The molecule has 0 saturated heterocycles. The number of benzene rings is 4. The molecule has 4 heteroatoms. The molecular formula is C81H110N4+4. The summed E-state index contributed by atoms with van der Waals surface area (Å²) in [6, 6.07) is 37.0. The molecule has 0 N–H and O–H groups in total. The minimum Gasteiger partial charge on any atom is -0.201 e. The number of rotatable bonds is 10. The molecular weight excluding hydrogens is 1030 g/mol. The third-order valence-electron chi connectivity index (χ3n) is 19.5. The average Bonchev–Trinajstić information content (AvgIpc) is 2.27. The van der Waals surface area contributed by atoms with E-state index < -0.39 is 0 Å². The van der Waals surface area contributed by atoms with Gasteiger partial charge in [-0.25, -0.2) is 18.3 Å². The number of aryl methyl sites for hydroxylation is 12. The van der Waals surface area contributed by atoms with Crippen LogP contribution in [-0.2, 0) is 34.6 Å². The van der Waals surface area contributed by atoms with Crippen molar-refractivity contribution in [1.82, 2.24) is 0 Å². The summed E-state index contributed by atoms with van der Waals surface area (Å²) in [5, 5.41) is 0. The molecule has 10 rings (SSSR count). The maximum Gasteiger partial charge on any atom is 0.215 e. The van der Waals surface area contributed by atoms with Crippen LogP contribution in [0.25, 0.3) is 45.0 Å². The predicted molar refractivity (Wildman–Crippen MR) is 363 cm³/mol. The molecule has 8 aromatic rings. The van der Waals surface area contributed by atoms with Crippen molar-refractivity contribution >= 4 is 0 Å². The van der Waals surface area contributed by atoms with E-state index in [0.717, 1.165) is 18.3 Å². The molecule has 4 aromatic carbocycles. The van der Waals surface area contributed by atoms with Crippen LogP contribution in [0.15, 0.2) is 122 Å². The summed E-state index contributed by atoms with van der Waals surface area (Å²) in [5.74, 6) is 2.27. The molecule has 0 unspecified atom stereocenters. The van der Waals surface area contributed by atoms with Crippen LogP contribution in [0.3, 0.4) is 0 Å². The second-order valence-electron chi connectivity index (χ2n) is 27.3. The lowest BCUT2D eigenvalue weighted by Crippen LogP contribution is -2.32. The molecule has 2 aliphatic carbocycles. The zero-order valence-corrected chi connectivity index (χ0v) is 57.1. The van der Waals surface area contributed by atoms with Gasteiger partial charge in [0.2, 0.25) is 22.8 Å². The summed E-state index contributed by atoms with van der Waals surface area (Å²) in [6.07, 6.45) is 24.7. The third kappa shape index (κ3) is 16.1. The van der Waals surface area contributed by atoms with E-state index in [1.165, 1.54) is 194 Å². The van der Waals surface area contributed by atoms with Crippen molar-refractivity contribution in [3.63, 3.8) is 0 Å². The summed E-state index contributed by atoms with van der Waals surface area (Å²) in [6.45, 7) is 38.1. The Morgan fingerprint density at radius 2 is 0.671 bits per heavy atom. The fourth-order valence-electron chi connectivity index (χ4n) is 13.9. The Kier molecular flexibility index (Phi) is 22.7. The van der Waals surface area contributed by atoms with Crippen molar-refractivity contribution in [2.75, 3.05) is 0 Å². The minimum atomic E-state index is 0.331. The molecule has 2 fully saturated rings. The van der Waals surface area contributed by atoms with Crippen LogP contribution >= 0.6 is 0 Å². The minimum absolute atomic E-state index is 0.331. The molecule has 4 aromatic heterocycles. The van der Waals surface area contributed by atoms with E-state index >= 15 is 0 Å². The molecule has 2 saturated carbocycles. The van der Waals surface area contributed by atoms with Crippen molar-refractivity contribution in [3.8, 4) is 45.0 Å². The molecule has 4 nitrogen and oxygen atoms in total. The first-order valence-corrected chi connectivity index (χ1v) is 32.6. The molecule has 0 radical (unpaired) electrons. The summed E-state index contributed by atoms with van der Waals surface area (Å²) in [4.78, 5) is 0. The van der Waals surface area contributed by atoms with Gasteiger partial charge < -0.3 is 0 Å². The van der Waals surface area contributed by atoms with Gasteiger partial charge in [0, 0.05) is 68.8 Å². The SMILES string of the molecule is CCC(CC)c1ccc(-c2c(C)c(C)cc[n+]2C)c(C)c1.Cc1cc(C2CCCC2)ccc1-c1c(C)c(C)cc[n+]1C.Cc1cc(C2CCCCC2)ccc1-c1c(C)c(C)cc[n+]1C.Cc1cc(CC(C)(C)C)ccc1-c1c(C)c(C)cc[n+]1C. The van der Waals surface area contributed by atoms with Crippen LogP contribution < -0.4 is 18.3 Å². The van der Waals surface area contributed by atoms with Gasteiger partial charge >= 0.3 is 0 Å². The Bertz CT molecular complexity index is 3480. The van der Waals surface area contributed by atoms with Gasteiger partial charge in [0.05, 0.1) is 0 Å². The fraction of sp³-hybridized carbons (Fsp3) is 0.457. The Morgan fingerprint density at radius 3 is 0.976 bits per heavy atom. The lowest BCUT2D eigenvalue weighted by atomic mass is 9.83. The third-order valence-corrected chi connectivity index (χ3v) is 19.5. The molecule has 0 amide bonds. The molecule has 450 valence electrons. The van der Waals surface area contributed by atoms with Crippen LogP contribution in [0.2, 0.25) is 0 Å². The van der Waals surface area contributed by atoms with Gasteiger partial charge in [-0.15, -0.1) is 0 Å². The van der Waals surface area contributed by atoms with Crippen molar-refractivity contribution in [2.24, 2.45) is 33.6 Å². The van der Waals surface area contributed by atoms with E-state index in [2.05, 4.69) is 286 Å². The summed E-state index contributed by atoms with van der Waals surface area (Å²) in [7, 11) is 8.56. The van der Waals surface area contributed by atoms with Gasteiger partial charge in [0.25, 0.3) is 0 Å². The van der Waals surface area contributed by atoms with Gasteiger partial charge in [-0.2, -0.15) is 0 Å². The van der Waals surface area contributed by atoms with E-state index in [-0.39, 0.29) is 0 Å². The highest BCUT2D eigenvalue weighted by Gasteiger charge is 2.25. The molecule has 0 bridgehead atoms. The number of pyridine rings is 4. The first-order valence-electron chi connectivity index (χ1n) is 32.6. The maximum atomic E-state index is 2.44. The molecule has 0 aliphatic heterocycles. The quantitative estimate of drug-likeness (QED) is 0.121. The van der Waals surface area contributed by atoms with Gasteiger partial charge in [0.15, 0.2) is 24.8 Å². The zero-order valence-electron chi connectivity index (χ0n) is 57.1. The normalized spacial score (nSPS) is 13.7. The lowest BCUT2D eigenvalue weighted by molar-refractivity contribution is -0.660. The summed E-state index contributed by atoms with van der Waals surface area (Å²) < 4.78 is 8.97. The lowest BCUT2D eigenvalue weighted by Gasteiger charge is -2.22. The van der Waals surface area contributed by atoms with Gasteiger partial charge in [0.1, 0.15) is 28.2 Å². The van der Waals surface area contributed by atoms with Crippen LogP contribution in [0.5, 0.6) is 0 Å². The highest BCUT2D eigenvalue weighted by Crippen LogP contribution is 2.38. The largest absolute Gasteiger partial charge is 0.215 e. The Morgan fingerprint density at radius 1 is 0.365 bits per heavy atom. The van der Waals surface area contributed by atoms with Crippen LogP contribution in [0.4, 0.5) is 0 Å². The summed E-state index contributed by atoms with van der Waals surface area (Å²) in [5.41, 5.74) is 33.7. The summed E-state index contributed by atoms with van der Waals surface area (Å²) >= 11 is 0. The van der Waals surface area contributed by atoms with E-state index in [1.54, 1.807) is 11.1 Å². The van der Waals surface area contributed by atoms with Crippen molar-refractivity contribution < 1.29 is 18.3 Å². The van der Waals surface area contributed by atoms with Crippen LogP contribution in [0.1, 0.15) is 212 Å². The Balaban J connectivity index is 0.000000162. The topological polar surface area (TPSA) is 15.5 Å². The highest BCUT2D eigenvalue weighted by molar-refractivity contribution is 5.69. The van der Waals surface area contributed by atoms with Gasteiger partial charge in [-0.05, 0) is 242 Å². The van der Waals surface area contributed by atoms with E-state index in [0.29, 0.717) is 11.3 Å². The first kappa shape index (κ1) is 66.0. The predicted octanol–water partition coefficient (Wildman–Crippen LogP) is 19.6. The number of hydrogen-bond donors (Lipinski definition) is 0. The maximum absolute atomic E-state index is 2.44. The van der Waals surface area contributed by atoms with Crippen molar-refractivity contribution in [3.05, 3.63) is 211 Å². The fourth-order valence-corrected chi connectivity index (χ4v) is 13.9. The van der Waals surface area contributed by atoms with Gasteiger partial charge in [-0.1, -0.05) is 115 Å². The van der Waals surface area contributed by atoms with Crippen LogP contribution in [0, 0.1) is 88.5 Å². The second kappa shape index (κ2) is 29.2. The molecule has 4 heterocycles. The molecule has 2 aliphatic rings. The smallest absolute Gasteiger partial charge is 0.201 e. The van der Waals surface area contributed by atoms with Crippen LogP contribution in [-0.4, -0.2) is 0 Å². The Hall–Kier alpha value is -6.52. The van der Waals surface area contributed by atoms with E-state index in [9.17, 15) is 0 Å². The number of nitrogens with zero attached hydrogens (tertiary/aromatic N) is 4. The molecule has 0 atom stereocenters. The average molecular weight is 1140 g/mol.